The van der Waals surface area contributed by atoms with Gasteiger partial charge in [-0.2, -0.15) is 5.26 Å². The van der Waals surface area contributed by atoms with Crippen molar-refractivity contribution in [2.75, 3.05) is 13.7 Å². The first-order valence-electron chi connectivity index (χ1n) is 4.90. The first-order valence-corrected chi connectivity index (χ1v) is 4.90. The van der Waals surface area contributed by atoms with Gasteiger partial charge in [0.15, 0.2) is 0 Å². The lowest BCUT2D eigenvalue weighted by molar-refractivity contribution is 0.158. The number of ether oxygens (including phenoxy) is 1. The Balaban J connectivity index is 3.81. The molecule has 0 saturated heterocycles. The second-order valence-electron chi connectivity index (χ2n) is 3.19. The molecule has 1 N–H and O–H groups in total. The van der Waals surface area contributed by atoms with Gasteiger partial charge < -0.3 is 10.1 Å². The lowest BCUT2D eigenvalue weighted by Gasteiger charge is -2.21. The van der Waals surface area contributed by atoms with Crippen molar-refractivity contribution in [3.8, 4) is 6.07 Å². The molecule has 0 aliphatic rings. The van der Waals surface area contributed by atoms with E-state index in [1.807, 2.05) is 0 Å². The third-order valence-electron chi connectivity index (χ3n) is 2.16. The molecule has 0 radical (unpaired) electrons. The molecule has 3 nitrogen and oxygen atoms in total. The van der Waals surface area contributed by atoms with Gasteiger partial charge in [-0.3, -0.25) is 0 Å². The average Bonchev–Trinajstić information content (AvgIpc) is 2.16. The summed E-state index contributed by atoms with van der Waals surface area (Å²) in [5.41, 5.74) is 0. The zero-order chi connectivity index (χ0) is 10.1. The van der Waals surface area contributed by atoms with Crippen molar-refractivity contribution in [3.63, 3.8) is 0 Å². The van der Waals surface area contributed by atoms with Gasteiger partial charge in [-0.25, -0.2) is 0 Å². The van der Waals surface area contributed by atoms with E-state index in [4.69, 9.17) is 10.00 Å². The Labute approximate surface area is 81.1 Å². The number of hydrogen-bond acceptors (Lipinski definition) is 3. The number of nitrogens with one attached hydrogen (secondary N) is 1. The number of rotatable bonds is 7. The van der Waals surface area contributed by atoms with E-state index in [-0.39, 0.29) is 0 Å². The van der Waals surface area contributed by atoms with E-state index in [2.05, 4.69) is 25.2 Å². The van der Waals surface area contributed by atoms with Crippen LogP contribution >= 0.6 is 0 Å². The molecule has 0 aliphatic heterocycles. The summed E-state index contributed by atoms with van der Waals surface area (Å²) in [4.78, 5) is 0. The number of nitrogens with zero attached hydrogens (tertiary/aromatic N) is 1. The van der Waals surface area contributed by atoms with Gasteiger partial charge in [0.1, 0.15) is 0 Å². The Morgan fingerprint density at radius 1 is 1.31 bits per heavy atom. The van der Waals surface area contributed by atoms with E-state index in [0.29, 0.717) is 18.5 Å². The Morgan fingerprint density at radius 3 is 2.31 bits per heavy atom. The molecule has 0 saturated carbocycles. The Hall–Kier alpha value is -0.590. The quantitative estimate of drug-likeness (QED) is 0.655. The van der Waals surface area contributed by atoms with E-state index in [1.54, 1.807) is 7.11 Å². The van der Waals surface area contributed by atoms with Gasteiger partial charge in [0.05, 0.1) is 19.1 Å². The second-order valence-corrected chi connectivity index (χ2v) is 3.19. The molecular weight excluding hydrogens is 164 g/mol. The summed E-state index contributed by atoms with van der Waals surface area (Å²) in [6.07, 6.45) is 2.61. The van der Waals surface area contributed by atoms with Crippen LogP contribution in [0.3, 0.4) is 0 Å². The van der Waals surface area contributed by atoms with Crippen LogP contribution in [0.4, 0.5) is 0 Å². The van der Waals surface area contributed by atoms with Crippen LogP contribution in [0.1, 0.15) is 33.1 Å². The predicted octanol–water partition coefficient (Wildman–Crippen LogP) is 1.69. The lowest BCUT2D eigenvalue weighted by atomic mass is 10.1. The van der Waals surface area contributed by atoms with Gasteiger partial charge in [-0.15, -0.1) is 0 Å². The minimum atomic E-state index is 0.310. The molecule has 2 atom stereocenters. The highest BCUT2D eigenvalue weighted by molar-refractivity contribution is 4.82. The van der Waals surface area contributed by atoms with Crippen molar-refractivity contribution in [2.24, 2.45) is 0 Å². The van der Waals surface area contributed by atoms with Gasteiger partial charge in [-0.1, -0.05) is 13.8 Å². The summed E-state index contributed by atoms with van der Waals surface area (Å²) in [6.45, 7) is 4.93. The highest BCUT2D eigenvalue weighted by Crippen LogP contribution is 2.01. The zero-order valence-electron chi connectivity index (χ0n) is 8.84. The van der Waals surface area contributed by atoms with Crippen LogP contribution in [0.5, 0.6) is 0 Å². The third kappa shape index (κ3) is 5.62. The van der Waals surface area contributed by atoms with E-state index in [1.165, 1.54) is 0 Å². The van der Waals surface area contributed by atoms with Crippen LogP contribution in [0.25, 0.3) is 0 Å². The fraction of sp³-hybridized carbons (Fsp3) is 0.900. The molecule has 0 aromatic carbocycles. The average molecular weight is 184 g/mol. The first kappa shape index (κ1) is 12.4. The molecule has 0 rings (SSSR count). The summed E-state index contributed by atoms with van der Waals surface area (Å²) in [5, 5.41) is 12.0. The van der Waals surface area contributed by atoms with E-state index in [9.17, 15) is 0 Å². The van der Waals surface area contributed by atoms with Gasteiger partial charge >= 0.3 is 0 Å². The summed E-state index contributed by atoms with van der Waals surface area (Å²) in [6, 6.07) is 2.88. The van der Waals surface area contributed by atoms with Crippen LogP contribution in [0.15, 0.2) is 0 Å². The summed E-state index contributed by atoms with van der Waals surface area (Å²) in [5.74, 6) is 0. The smallest absolute Gasteiger partial charge is 0.0638 e. The fourth-order valence-corrected chi connectivity index (χ4v) is 1.25. The Morgan fingerprint density at radius 2 is 1.92 bits per heavy atom. The molecule has 0 aromatic heterocycles. The summed E-state index contributed by atoms with van der Waals surface area (Å²) in [7, 11) is 1.70. The van der Waals surface area contributed by atoms with Gasteiger partial charge in [0.2, 0.25) is 0 Å². The predicted molar refractivity (Wildman–Crippen MR) is 53.4 cm³/mol. The third-order valence-corrected chi connectivity index (χ3v) is 2.16. The highest BCUT2D eigenvalue weighted by Gasteiger charge is 2.11. The molecular formula is C10H20N2O. The monoisotopic (exact) mass is 184 g/mol. The number of methoxy groups -OCH3 is 1. The molecule has 0 amide bonds. The second kappa shape index (κ2) is 8.03. The summed E-state index contributed by atoms with van der Waals surface area (Å²) >= 11 is 0. The van der Waals surface area contributed by atoms with Gasteiger partial charge in [0, 0.05) is 19.2 Å². The standard InChI is InChI=1S/C10H20N2O/c1-4-9(6-7-11)12-10(5-2)8-13-3/h9-10,12H,4-6,8H2,1-3H3. The number of hydrogen-bond donors (Lipinski definition) is 1. The normalized spacial score (nSPS) is 14.9. The molecule has 0 bridgehead atoms. The van der Waals surface area contributed by atoms with Crippen molar-refractivity contribution >= 4 is 0 Å². The molecule has 3 heteroatoms. The maximum absolute atomic E-state index is 8.56. The largest absolute Gasteiger partial charge is 0.383 e. The van der Waals surface area contributed by atoms with Crippen LogP contribution in [-0.2, 0) is 4.74 Å². The molecule has 0 aliphatic carbocycles. The van der Waals surface area contributed by atoms with Crippen LogP contribution < -0.4 is 5.32 Å². The Kier molecular flexibility index (Phi) is 7.66. The minimum Gasteiger partial charge on any atom is -0.383 e. The molecule has 76 valence electrons. The van der Waals surface area contributed by atoms with Crippen molar-refractivity contribution in [2.45, 2.75) is 45.2 Å². The molecule has 0 aromatic rings. The maximum atomic E-state index is 8.56. The SMILES string of the molecule is CCC(CC#N)NC(CC)COC. The zero-order valence-corrected chi connectivity index (χ0v) is 8.84. The van der Waals surface area contributed by atoms with E-state index < -0.39 is 0 Å². The first-order chi connectivity index (χ1) is 6.28. The van der Waals surface area contributed by atoms with Crippen molar-refractivity contribution < 1.29 is 4.74 Å². The minimum absolute atomic E-state index is 0.310. The fourth-order valence-electron chi connectivity index (χ4n) is 1.25. The highest BCUT2D eigenvalue weighted by atomic mass is 16.5. The van der Waals surface area contributed by atoms with Crippen LogP contribution in [0, 0.1) is 11.3 Å². The molecule has 2 unspecified atom stereocenters. The van der Waals surface area contributed by atoms with Crippen LogP contribution in [-0.4, -0.2) is 25.8 Å². The van der Waals surface area contributed by atoms with E-state index >= 15 is 0 Å². The van der Waals surface area contributed by atoms with E-state index in [0.717, 1.165) is 19.4 Å². The Bertz CT molecular complexity index is 153. The molecule has 0 heterocycles. The molecule has 0 spiro atoms. The van der Waals surface area contributed by atoms with Crippen LogP contribution in [0.2, 0.25) is 0 Å². The topological polar surface area (TPSA) is 45.0 Å². The van der Waals surface area contributed by atoms with Gasteiger partial charge in [-0.05, 0) is 12.8 Å². The number of nitriles is 1. The molecule has 13 heavy (non-hydrogen) atoms. The van der Waals surface area contributed by atoms with Gasteiger partial charge in [0.25, 0.3) is 0 Å². The lowest BCUT2D eigenvalue weighted by Crippen LogP contribution is -2.40. The molecule has 0 fully saturated rings. The maximum Gasteiger partial charge on any atom is 0.0638 e. The van der Waals surface area contributed by atoms with Crippen molar-refractivity contribution in [1.29, 1.82) is 5.26 Å². The van der Waals surface area contributed by atoms with Crippen molar-refractivity contribution in [1.82, 2.24) is 5.32 Å². The summed E-state index contributed by atoms with van der Waals surface area (Å²) < 4.78 is 5.07. The van der Waals surface area contributed by atoms with Crippen molar-refractivity contribution in [3.05, 3.63) is 0 Å².